The molecule has 1 aromatic carbocycles. The Morgan fingerprint density at radius 3 is 2.44 bits per heavy atom. The second kappa shape index (κ2) is 4.58. The Morgan fingerprint density at radius 2 is 1.94 bits per heavy atom. The summed E-state index contributed by atoms with van der Waals surface area (Å²) in [5.74, 6) is 0. The van der Waals surface area contributed by atoms with Crippen molar-refractivity contribution in [3.8, 4) is 5.69 Å². The van der Waals surface area contributed by atoms with Crippen molar-refractivity contribution < 1.29 is 4.79 Å². The van der Waals surface area contributed by atoms with Gasteiger partial charge >= 0.3 is 0 Å². The van der Waals surface area contributed by atoms with Crippen molar-refractivity contribution in [3.63, 3.8) is 0 Å². The standard InChI is InChI=1S/C14H15ClN2O/c1-14(2,3)13-10(9-18)8-17(16-13)12-7-5-4-6-11(12)15/h4-9H,1-3H3. The van der Waals surface area contributed by atoms with E-state index >= 15 is 0 Å². The number of carbonyl (C=O) groups excluding carboxylic acids is 1. The summed E-state index contributed by atoms with van der Waals surface area (Å²) < 4.78 is 1.66. The zero-order valence-corrected chi connectivity index (χ0v) is 11.4. The van der Waals surface area contributed by atoms with Gasteiger partial charge in [0, 0.05) is 11.6 Å². The summed E-state index contributed by atoms with van der Waals surface area (Å²) in [5.41, 5.74) is 1.97. The maximum atomic E-state index is 11.1. The molecule has 3 nitrogen and oxygen atoms in total. The molecule has 0 amide bonds. The molecule has 0 bridgehead atoms. The smallest absolute Gasteiger partial charge is 0.153 e. The minimum Gasteiger partial charge on any atom is -0.298 e. The van der Waals surface area contributed by atoms with Crippen LogP contribution in [0.15, 0.2) is 30.5 Å². The van der Waals surface area contributed by atoms with Gasteiger partial charge in [-0.05, 0) is 12.1 Å². The Hall–Kier alpha value is -1.61. The van der Waals surface area contributed by atoms with Crippen molar-refractivity contribution in [2.24, 2.45) is 0 Å². The van der Waals surface area contributed by atoms with Crippen LogP contribution in [-0.2, 0) is 5.41 Å². The highest BCUT2D eigenvalue weighted by molar-refractivity contribution is 6.32. The van der Waals surface area contributed by atoms with Gasteiger partial charge in [-0.1, -0.05) is 44.5 Å². The highest BCUT2D eigenvalue weighted by atomic mass is 35.5. The van der Waals surface area contributed by atoms with Crippen molar-refractivity contribution in [2.45, 2.75) is 26.2 Å². The number of carbonyl (C=O) groups is 1. The summed E-state index contributed by atoms with van der Waals surface area (Å²) in [5, 5.41) is 5.09. The molecule has 2 aromatic rings. The number of rotatable bonds is 2. The normalized spacial score (nSPS) is 11.6. The van der Waals surface area contributed by atoms with E-state index in [2.05, 4.69) is 5.10 Å². The molecule has 0 aliphatic rings. The number of halogens is 1. The molecule has 0 N–H and O–H groups in total. The van der Waals surface area contributed by atoms with Crippen molar-refractivity contribution in [1.82, 2.24) is 9.78 Å². The molecule has 0 spiro atoms. The van der Waals surface area contributed by atoms with Gasteiger partial charge in [0.05, 0.1) is 22.0 Å². The fraction of sp³-hybridized carbons (Fsp3) is 0.286. The van der Waals surface area contributed by atoms with Crippen LogP contribution in [0.4, 0.5) is 0 Å². The largest absolute Gasteiger partial charge is 0.298 e. The maximum absolute atomic E-state index is 11.1. The lowest BCUT2D eigenvalue weighted by Gasteiger charge is -2.15. The van der Waals surface area contributed by atoms with Crippen molar-refractivity contribution >= 4 is 17.9 Å². The first-order chi connectivity index (χ1) is 8.43. The molecule has 18 heavy (non-hydrogen) atoms. The number of para-hydroxylation sites is 1. The number of hydrogen-bond donors (Lipinski definition) is 0. The first-order valence-corrected chi connectivity index (χ1v) is 6.11. The van der Waals surface area contributed by atoms with Gasteiger partial charge in [0.15, 0.2) is 6.29 Å². The van der Waals surface area contributed by atoms with E-state index in [1.165, 1.54) is 0 Å². The van der Waals surface area contributed by atoms with Crippen LogP contribution in [0.5, 0.6) is 0 Å². The SMILES string of the molecule is CC(C)(C)c1nn(-c2ccccc2Cl)cc1C=O. The molecule has 0 saturated heterocycles. The quantitative estimate of drug-likeness (QED) is 0.775. The van der Waals surface area contributed by atoms with Crippen LogP contribution in [0.25, 0.3) is 5.69 Å². The first-order valence-electron chi connectivity index (χ1n) is 5.73. The Labute approximate surface area is 111 Å². The van der Waals surface area contributed by atoms with Crippen LogP contribution < -0.4 is 0 Å². The molecule has 0 saturated carbocycles. The lowest BCUT2D eigenvalue weighted by molar-refractivity contribution is 0.112. The third-order valence-corrected chi connectivity index (χ3v) is 3.00. The summed E-state index contributed by atoms with van der Waals surface area (Å²) in [6.45, 7) is 6.08. The van der Waals surface area contributed by atoms with E-state index in [0.29, 0.717) is 10.6 Å². The minimum absolute atomic E-state index is 0.178. The van der Waals surface area contributed by atoms with Gasteiger partial charge in [-0.3, -0.25) is 4.79 Å². The van der Waals surface area contributed by atoms with E-state index in [4.69, 9.17) is 11.6 Å². The predicted octanol–water partition coefficient (Wildman–Crippen LogP) is 3.64. The van der Waals surface area contributed by atoms with Gasteiger partial charge in [-0.15, -0.1) is 0 Å². The minimum atomic E-state index is -0.178. The van der Waals surface area contributed by atoms with Crippen LogP contribution in [0.1, 0.15) is 36.8 Å². The zero-order valence-electron chi connectivity index (χ0n) is 10.6. The second-order valence-corrected chi connectivity index (χ2v) is 5.60. The van der Waals surface area contributed by atoms with Gasteiger partial charge in [0.25, 0.3) is 0 Å². The average Bonchev–Trinajstić information content (AvgIpc) is 2.73. The lowest BCUT2D eigenvalue weighted by Crippen LogP contribution is -2.14. The number of nitrogens with zero attached hydrogens (tertiary/aromatic N) is 2. The molecule has 0 aliphatic heterocycles. The second-order valence-electron chi connectivity index (χ2n) is 5.20. The Bertz CT molecular complexity index is 582. The van der Waals surface area contributed by atoms with Crippen molar-refractivity contribution in [2.75, 3.05) is 0 Å². The van der Waals surface area contributed by atoms with Gasteiger partial charge in [0.1, 0.15) is 0 Å². The Kier molecular flexibility index (Phi) is 3.26. The third kappa shape index (κ3) is 2.31. The fourth-order valence-electron chi connectivity index (χ4n) is 1.82. The van der Waals surface area contributed by atoms with Crippen LogP contribution in [0.2, 0.25) is 5.02 Å². The zero-order chi connectivity index (χ0) is 13.3. The topological polar surface area (TPSA) is 34.9 Å². The molecule has 1 aromatic heterocycles. The summed E-state index contributed by atoms with van der Waals surface area (Å²) in [7, 11) is 0. The fourth-order valence-corrected chi connectivity index (χ4v) is 2.04. The van der Waals surface area contributed by atoms with Crippen LogP contribution in [0.3, 0.4) is 0 Å². The lowest BCUT2D eigenvalue weighted by atomic mass is 9.90. The molecule has 0 aliphatic carbocycles. The average molecular weight is 263 g/mol. The van der Waals surface area contributed by atoms with Crippen LogP contribution in [-0.4, -0.2) is 16.1 Å². The van der Waals surface area contributed by atoms with Gasteiger partial charge < -0.3 is 0 Å². The van der Waals surface area contributed by atoms with Crippen molar-refractivity contribution in [3.05, 3.63) is 46.7 Å². The van der Waals surface area contributed by atoms with Gasteiger partial charge in [0.2, 0.25) is 0 Å². The number of aldehydes is 1. The molecule has 0 unspecified atom stereocenters. The van der Waals surface area contributed by atoms with E-state index in [1.807, 2.05) is 39.0 Å². The van der Waals surface area contributed by atoms with E-state index in [0.717, 1.165) is 17.7 Å². The molecule has 0 atom stereocenters. The van der Waals surface area contributed by atoms with Gasteiger partial charge in [-0.2, -0.15) is 5.10 Å². The summed E-state index contributed by atoms with van der Waals surface area (Å²) in [4.78, 5) is 11.1. The molecule has 0 radical (unpaired) electrons. The predicted molar refractivity (Wildman–Crippen MR) is 72.7 cm³/mol. The van der Waals surface area contributed by atoms with E-state index in [-0.39, 0.29) is 5.41 Å². The number of aromatic nitrogens is 2. The Balaban J connectivity index is 2.58. The monoisotopic (exact) mass is 262 g/mol. The highest BCUT2D eigenvalue weighted by Crippen LogP contribution is 2.26. The van der Waals surface area contributed by atoms with E-state index in [1.54, 1.807) is 16.9 Å². The summed E-state index contributed by atoms with van der Waals surface area (Å²) >= 11 is 6.13. The Morgan fingerprint density at radius 1 is 1.28 bits per heavy atom. The molecular weight excluding hydrogens is 248 g/mol. The van der Waals surface area contributed by atoms with E-state index in [9.17, 15) is 4.79 Å². The molecule has 4 heteroatoms. The number of hydrogen-bond acceptors (Lipinski definition) is 2. The molecule has 2 rings (SSSR count). The van der Waals surface area contributed by atoms with Crippen LogP contribution in [0, 0.1) is 0 Å². The summed E-state index contributed by atoms with van der Waals surface area (Å²) in [6, 6.07) is 7.42. The maximum Gasteiger partial charge on any atom is 0.153 e. The number of benzene rings is 1. The van der Waals surface area contributed by atoms with Gasteiger partial charge in [-0.25, -0.2) is 4.68 Å². The van der Waals surface area contributed by atoms with Crippen molar-refractivity contribution in [1.29, 1.82) is 0 Å². The molecule has 94 valence electrons. The third-order valence-electron chi connectivity index (χ3n) is 2.68. The molecule has 0 fully saturated rings. The molecule has 1 heterocycles. The highest BCUT2D eigenvalue weighted by Gasteiger charge is 2.22. The first kappa shape index (κ1) is 12.8. The summed E-state index contributed by atoms with van der Waals surface area (Å²) in [6.07, 6.45) is 2.55. The van der Waals surface area contributed by atoms with E-state index < -0.39 is 0 Å². The van der Waals surface area contributed by atoms with Crippen LogP contribution >= 0.6 is 11.6 Å². The molecular formula is C14H15ClN2O.